The van der Waals surface area contributed by atoms with Crippen LogP contribution in [0.2, 0.25) is 0 Å². The highest BCUT2D eigenvalue weighted by atomic mass is 16.5. The molecule has 0 aromatic heterocycles. The SMILES string of the molecule is CC(CCC(O)O)C(CO)(CO)CO. The van der Waals surface area contributed by atoms with E-state index in [1.807, 2.05) is 0 Å². The molecule has 0 amide bonds. The summed E-state index contributed by atoms with van der Waals surface area (Å²) in [4.78, 5) is 0. The topological polar surface area (TPSA) is 101 Å². The van der Waals surface area contributed by atoms with E-state index in [0.29, 0.717) is 6.42 Å². The lowest BCUT2D eigenvalue weighted by Gasteiger charge is -2.34. The molecule has 5 heteroatoms. The summed E-state index contributed by atoms with van der Waals surface area (Å²) < 4.78 is 0. The zero-order valence-electron chi connectivity index (χ0n) is 8.43. The predicted molar refractivity (Wildman–Crippen MR) is 50.3 cm³/mol. The first-order valence-corrected chi connectivity index (χ1v) is 4.71. The molecule has 0 rings (SSSR count). The van der Waals surface area contributed by atoms with Crippen LogP contribution >= 0.6 is 0 Å². The molecule has 0 saturated carbocycles. The van der Waals surface area contributed by atoms with E-state index in [4.69, 9.17) is 25.5 Å². The maximum Gasteiger partial charge on any atom is 0.151 e. The van der Waals surface area contributed by atoms with Crippen molar-refractivity contribution in [3.63, 3.8) is 0 Å². The van der Waals surface area contributed by atoms with Gasteiger partial charge in [-0.25, -0.2) is 0 Å². The number of aliphatic hydroxyl groups is 5. The van der Waals surface area contributed by atoms with Crippen molar-refractivity contribution in [1.82, 2.24) is 0 Å². The van der Waals surface area contributed by atoms with Crippen molar-refractivity contribution in [2.45, 2.75) is 26.1 Å². The molecule has 0 radical (unpaired) electrons. The molecule has 5 N–H and O–H groups in total. The van der Waals surface area contributed by atoms with Crippen molar-refractivity contribution in [2.24, 2.45) is 11.3 Å². The second-order valence-corrected chi connectivity index (χ2v) is 3.80. The molecule has 0 fully saturated rings. The van der Waals surface area contributed by atoms with Gasteiger partial charge in [0, 0.05) is 5.41 Å². The Labute approximate surface area is 83.6 Å². The highest BCUT2D eigenvalue weighted by molar-refractivity contribution is 4.82. The Morgan fingerprint density at radius 2 is 1.36 bits per heavy atom. The second-order valence-electron chi connectivity index (χ2n) is 3.80. The summed E-state index contributed by atoms with van der Waals surface area (Å²) in [5.41, 5.74) is -0.936. The van der Waals surface area contributed by atoms with Crippen LogP contribution in [-0.2, 0) is 0 Å². The summed E-state index contributed by atoms with van der Waals surface area (Å²) in [7, 11) is 0. The molecular formula is C9H20O5. The van der Waals surface area contributed by atoms with E-state index in [1.165, 1.54) is 0 Å². The van der Waals surface area contributed by atoms with Gasteiger partial charge >= 0.3 is 0 Å². The monoisotopic (exact) mass is 208 g/mol. The largest absolute Gasteiger partial charge is 0.396 e. The van der Waals surface area contributed by atoms with E-state index in [-0.39, 0.29) is 32.2 Å². The molecule has 0 aliphatic carbocycles. The Bertz CT molecular complexity index is 136. The van der Waals surface area contributed by atoms with Crippen LogP contribution in [0.3, 0.4) is 0 Å². The van der Waals surface area contributed by atoms with Crippen LogP contribution in [0.5, 0.6) is 0 Å². The van der Waals surface area contributed by atoms with Crippen molar-refractivity contribution >= 4 is 0 Å². The molecular weight excluding hydrogens is 188 g/mol. The number of hydrogen-bond acceptors (Lipinski definition) is 5. The Balaban J connectivity index is 4.21. The van der Waals surface area contributed by atoms with E-state index in [9.17, 15) is 0 Å². The van der Waals surface area contributed by atoms with Crippen LogP contribution in [-0.4, -0.2) is 51.6 Å². The van der Waals surface area contributed by atoms with Crippen molar-refractivity contribution in [1.29, 1.82) is 0 Å². The maximum atomic E-state index is 9.07. The third-order valence-electron chi connectivity index (χ3n) is 2.85. The number of hydrogen-bond donors (Lipinski definition) is 5. The highest BCUT2D eigenvalue weighted by Gasteiger charge is 2.34. The predicted octanol–water partition coefficient (Wildman–Crippen LogP) is -1.32. The maximum absolute atomic E-state index is 9.07. The average Bonchev–Trinajstić information content (AvgIpc) is 2.18. The zero-order valence-corrected chi connectivity index (χ0v) is 8.43. The van der Waals surface area contributed by atoms with Gasteiger partial charge in [-0.2, -0.15) is 0 Å². The molecule has 5 nitrogen and oxygen atoms in total. The van der Waals surface area contributed by atoms with Crippen LogP contribution in [0.1, 0.15) is 19.8 Å². The number of rotatable bonds is 7. The lowest BCUT2D eigenvalue weighted by Crippen LogP contribution is -2.40. The summed E-state index contributed by atoms with van der Waals surface area (Å²) in [6, 6.07) is 0. The molecule has 1 unspecified atom stereocenters. The minimum absolute atomic E-state index is 0.170. The van der Waals surface area contributed by atoms with Crippen LogP contribution < -0.4 is 0 Å². The first-order valence-electron chi connectivity index (χ1n) is 4.71. The van der Waals surface area contributed by atoms with Gasteiger partial charge < -0.3 is 25.5 Å². The van der Waals surface area contributed by atoms with Gasteiger partial charge in [0.05, 0.1) is 19.8 Å². The number of aliphatic hydroxyl groups excluding tert-OH is 4. The van der Waals surface area contributed by atoms with Gasteiger partial charge in [-0.05, 0) is 18.8 Å². The van der Waals surface area contributed by atoms with Crippen molar-refractivity contribution in [3.8, 4) is 0 Å². The molecule has 0 saturated heterocycles. The minimum Gasteiger partial charge on any atom is -0.396 e. The molecule has 0 spiro atoms. The smallest absolute Gasteiger partial charge is 0.151 e. The lowest BCUT2D eigenvalue weighted by atomic mass is 9.76. The Hall–Kier alpha value is -0.200. The van der Waals surface area contributed by atoms with Gasteiger partial charge in [0.2, 0.25) is 0 Å². The molecule has 14 heavy (non-hydrogen) atoms. The van der Waals surface area contributed by atoms with Crippen LogP contribution in [0.25, 0.3) is 0 Å². The van der Waals surface area contributed by atoms with Gasteiger partial charge in [0.25, 0.3) is 0 Å². The highest BCUT2D eigenvalue weighted by Crippen LogP contribution is 2.30. The fourth-order valence-corrected chi connectivity index (χ4v) is 1.32. The van der Waals surface area contributed by atoms with E-state index in [2.05, 4.69) is 0 Å². The normalized spacial score (nSPS) is 14.8. The first-order chi connectivity index (χ1) is 6.52. The van der Waals surface area contributed by atoms with E-state index in [1.54, 1.807) is 6.92 Å². The Morgan fingerprint density at radius 3 is 1.64 bits per heavy atom. The quantitative estimate of drug-likeness (QED) is 0.334. The summed E-state index contributed by atoms with van der Waals surface area (Å²) in [5, 5.41) is 44.5. The third-order valence-corrected chi connectivity index (χ3v) is 2.85. The van der Waals surface area contributed by atoms with Gasteiger partial charge in [0.1, 0.15) is 0 Å². The van der Waals surface area contributed by atoms with Crippen molar-refractivity contribution < 1.29 is 25.5 Å². The molecule has 1 atom stereocenters. The summed E-state index contributed by atoms with van der Waals surface area (Å²) >= 11 is 0. The fraction of sp³-hybridized carbons (Fsp3) is 1.00. The molecule has 0 aliphatic heterocycles. The van der Waals surface area contributed by atoms with E-state index >= 15 is 0 Å². The van der Waals surface area contributed by atoms with Gasteiger partial charge in [-0.3, -0.25) is 0 Å². The lowest BCUT2D eigenvalue weighted by molar-refractivity contribution is -0.0686. The molecule has 0 aliphatic rings. The Morgan fingerprint density at radius 1 is 0.929 bits per heavy atom. The third kappa shape index (κ3) is 3.51. The van der Waals surface area contributed by atoms with Crippen molar-refractivity contribution in [3.05, 3.63) is 0 Å². The van der Waals surface area contributed by atoms with Crippen LogP contribution in [0.15, 0.2) is 0 Å². The standard InChI is InChI=1S/C9H20O5/c1-7(2-3-8(13)14)9(4-10,5-11)6-12/h7-8,10-14H,2-6H2,1H3. The van der Waals surface area contributed by atoms with Crippen LogP contribution in [0, 0.1) is 11.3 Å². The summed E-state index contributed by atoms with van der Waals surface area (Å²) in [6.45, 7) is 0.805. The minimum atomic E-state index is -1.38. The van der Waals surface area contributed by atoms with Crippen LogP contribution in [0.4, 0.5) is 0 Å². The molecule has 86 valence electrons. The van der Waals surface area contributed by atoms with E-state index in [0.717, 1.165) is 0 Å². The molecule has 0 bridgehead atoms. The molecule has 0 aromatic carbocycles. The zero-order chi connectivity index (χ0) is 11.2. The Kier molecular flexibility index (Phi) is 6.22. The second kappa shape index (κ2) is 6.31. The fourth-order valence-electron chi connectivity index (χ4n) is 1.32. The van der Waals surface area contributed by atoms with E-state index < -0.39 is 11.7 Å². The first kappa shape index (κ1) is 13.8. The molecule has 0 aromatic rings. The summed E-state index contributed by atoms with van der Waals surface area (Å²) in [5.74, 6) is -0.177. The van der Waals surface area contributed by atoms with Gasteiger partial charge in [-0.15, -0.1) is 0 Å². The average molecular weight is 208 g/mol. The molecule has 0 heterocycles. The van der Waals surface area contributed by atoms with Gasteiger partial charge in [-0.1, -0.05) is 6.92 Å². The van der Waals surface area contributed by atoms with Gasteiger partial charge in [0.15, 0.2) is 6.29 Å². The van der Waals surface area contributed by atoms with Crippen molar-refractivity contribution in [2.75, 3.05) is 19.8 Å². The summed E-state index contributed by atoms with van der Waals surface area (Å²) in [6.07, 6.45) is -0.784.